The summed E-state index contributed by atoms with van der Waals surface area (Å²) in [5, 5.41) is 12.8. The third-order valence-electron chi connectivity index (χ3n) is 5.16. The van der Waals surface area contributed by atoms with Crippen LogP contribution in [0.3, 0.4) is 0 Å². The van der Waals surface area contributed by atoms with Crippen LogP contribution >= 0.6 is 11.3 Å². The van der Waals surface area contributed by atoms with Crippen LogP contribution in [0.15, 0.2) is 48.0 Å². The number of thiophene rings is 1. The second-order valence-corrected chi connectivity index (χ2v) is 7.96. The van der Waals surface area contributed by atoms with Crippen molar-refractivity contribution in [3.63, 3.8) is 0 Å². The van der Waals surface area contributed by atoms with E-state index in [-0.39, 0.29) is 12.0 Å². The lowest BCUT2D eigenvalue weighted by Gasteiger charge is -2.37. The molecule has 5 heteroatoms. The van der Waals surface area contributed by atoms with Crippen molar-refractivity contribution in [2.45, 2.75) is 25.8 Å². The highest BCUT2D eigenvalue weighted by atomic mass is 32.1. The standard InChI is InChI=1S/C21H22N2O2S/c1-14-11-19(26-13-14)20(23-10-4-5-15(12-23)21(24)25)17-8-9-22-18-7-3-2-6-16(17)18/h2-3,6-9,11,13,15,20H,4-5,10,12H2,1H3,(H,24,25). The van der Waals surface area contributed by atoms with Crippen molar-refractivity contribution in [1.29, 1.82) is 0 Å². The second-order valence-electron chi connectivity index (χ2n) is 7.02. The van der Waals surface area contributed by atoms with E-state index in [0.29, 0.717) is 6.54 Å². The molecule has 1 N–H and O–H groups in total. The predicted molar refractivity (Wildman–Crippen MR) is 105 cm³/mol. The Balaban J connectivity index is 1.82. The van der Waals surface area contributed by atoms with Crippen molar-refractivity contribution < 1.29 is 9.90 Å². The lowest BCUT2D eigenvalue weighted by Crippen LogP contribution is -2.41. The fourth-order valence-corrected chi connectivity index (χ4v) is 4.97. The lowest BCUT2D eigenvalue weighted by molar-refractivity contribution is -0.143. The summed E-state index contributed by atoms with van der Waals surface area (Å²) in [6, 6.07) is 12.6. The maximum Gasteiger partial charge on any atom is 0.307 e. The van der Waals surface area contributed by atoms with Crippen molar-refractivity contribution in [2.24, 2.45) is 5.92 Å². The average Bonchev–Trinajstić information content (AvgIpc) is 3.08. The van der Waals surface area contributed by atoms with E-state index in [1.807, 2.05) is 24.4 Å². The number of hydrogen-bond donors (Lipinski definition) is 1. The van der Waals surface area contributed by atoms with E-state index < -0.39 is 5.97 Å². The topological polar surface area (TPSA) is 53.4 Å². The summed E-state index contributed by atoms with van der Waals surface area (Å²) in [6.45, 7) is 3.62. The number of aromatic nitrogens is 1. The Bertz CT molecular complexity index is 931. The Morgan fingerprint density at radius 2 is 2.19 bits per heavy atom. The van der Waals surface area contributed by atoms with Crippen molar-refractivity contribution >= 4 is 28.2 Å². The molecule has 3 aromatic rings. The number of carboxylic acids is 1. The Morgan fingerprint density at radius 1 is 1.35 bits per heavy atom. The first-order valence-corrected chi connectivity index (χ1v) is 9.87. The van der Waals surface area contributed by atoms with Crippen LogP contribution in [0.1, 0.15) is 34.9 Å². The number of para-hydroxylation sites is 1. The number of aliphatic carboxylic acids is 1. The van der Waals surface area contributed by atoms with Gasteiger partial charge in [-0.3, -0.25) is 14.7 Å². The first kappa shape index (κ1) is 17.2. The molecule has 4 nitrogen and oxygen atoms in total. The smallest absolute Gasteiger partial charge is 0.307 e. The zero-order chi connectivity index (χ0) is 18.1. The summed E-state index contributed by atoms with van der Waals surface area (Å²) < 4.78 is 0. The van der Waals surface area contributed by atoms with Gasteiger partial charge in [-0.25, -0.2) is 0 Å². The molecule has 1 aliphatic heterocycles. The average molecular weight is 366 g/mol. The summed E-state index contributed by atoms with van der Waals surface area (Å²) in [5.41, 5.74) is 3.44. The molecule has 0 spiro atoms. The summed E-state index contributed by atoms with van der Waals surface area (Å²) in [4.78, 5) is 19.7. The highest BCUT2D eigenvalue weighted by molar-refractivity contribution is 7.10. The second kappa shape index (κ2) is 7.17. The van der Waals surface area contributed by atoms with Crippen molar-refractivity contribution in [3.05, 3.63) is 64.0 Å². The van der Waals surface area contributed by atoms with Gasteiger partial charge in [0.25, 0.3) is 0 Å². The molecule has 0 radical (unpaired) electrons. The molecule has 0 saturated carbocycles. The van der Waals surface area contributed by atoms with Gasteiger partial charge in [-0.15, -0.1) is 11.3 Å². The van der Waals surface area contributed by atoms with Crippen LogP contribution in [0, 0.1) is 12.8 Å². The molecule has 1 fully saturated rings. The molecule has 0 amide bonds. The molecule has 0 bridgehead atoms. The van der Waals surface area contributed by atoms with Crippen molar-refractivity contribution in [1.82, 2.24) is 9.88 Å². The van der Waals surface area contributed by atoms with E-state index in [2.05, 4.69) is 40.4 Å². The van der Waals surface area contributed by atoms with Crippen LogP contribution in [-0.4, -0.2) is 34.0 Å². The molecule has 1 aromatic carbocycles. The van der Waals surface area contributed by atoms with Crippen LogP contribution in [0.25, 0.3) is 10.9 Å². The molecule has 4 rings (SSSR count). The van der Waals surface area contributed by atoms with Gasteiger partial charge in [-0.05, 0) is 61.0 Å². The molecule has 2 unspecified atom stereocenters. The van der Waals surface area contributed by atoms with Gasteiger partial charge in [-0.1, -0.05) is 18.2 Å². The zero-order valence-electron chi connectivity index (χ0n) is 14.8. The quantitative estimate of drug-likeness (QED) is 0.739. The Morgan fingerprint density at radius 3 is 2.96 bits per heavy atom. The minimum absolute atomic E-state index is 0.0729. The Kier molecular flexibility index (Phi) is 4.74. The van der Waals surface area contributed by atoms with E-state index in [4.69, 9.17) is 0 Å². The first-order chi connectivity index (χ1) is 12.6. The predicted octanol–water partition coefficient (Wildman–Crippen LogP) is 4.49. The molecule has 1 aliphatic rings. The number of nitrogens with zero attached hydrogens (tertiary/aromatic N) is 2. The number of likely N-dealkylation sites (tertiary alicyclic amines) is 1. The highest BCUT2D eigenvalue weighted by Crippen LogP contribution is 2.38. The largest absolute Gasteiger partial charge is 0.481 e. The van der Waals surface area contributed by atoms with Crippen LogP contribution in [0.4, 0.5) is 0 Å². The number of piperidine rings is 1. The monoisotopic (exact) mass is 366 g/mol. The van der Waals surface area contributed by atoms with Crippen LogP contribution < -0.4 is 0 Å². The highest BCUT2D eigenvalue weighted by Gasteiger charge is 2.32. The van der Waals surface area contributed by atoms with E-state index in [9.17, 15) is 9.90 Å². The number of carboxylic acid groups (broad SMARTS) is 1. The van der Waals surface area contributed by atoms with E-state index in [1.54, 1.807) is 11.3 Å². The number of fused-ring (bicyclic) bond motifs is 1. The van der Waals surface area contributed by atoms with Gasteiger partial charge in [0, 0.05) is 23.0 Å². The maximum atomic E-state index is 11.6. The molecule has 134 valence electrons. The SMILES string of the molecule is Cc1csc(C(c2ccnc3ccccc23)N2CCCC(C(=O)O)C2)c1. The summed E-state index contributed by atoms with van der Waals surface area (Å²) in [6.07, 6.45) is 3.55. The molecule has 2 aromatic heterocycles. The first-order valence-electron chi connectivity index (χ1n) is 8.99. The van der Waals surface area contributed by atoms with Gasteiger partial charge in [0.05, 0.1) is 17.5 Å². The van der Waals surface area contributed by atoms with Crippen LogP contribution in [0.2, 0.25) is 0 Å². The molecule has 0 aliphatic carbocycles. The molecule has 26 heavy (non-hydrogen) atoms. The zero-order valence-corrected chi connectivity index (χ0v) is 15.6. The fourth-order valence-electron chi connectivity index (χ4n) is 3.93. The van der Waals surface area contributed by atoms with Crippen molar-refractivity contribution in [3.8, 4) is 0 Å². The van der Waals surface area contributed by atoms with Crippen LogP contribution in [-0.2, 0) is 4.79 Å². The summed E-state index contributed by atoms with van der Waals surface area (Å²) >= 11 is 1.75. The van der Waals surface area contributed by atoms with Gasteiger partial charge in [0.15, 0.2) is 0 Å². The number of pyridine rings is 1. The maximum absolute atomic E-state index is 11.6. The number of hydrogen-bond acceptors (Lipinski definition) is 4. The minimum Gasteiger partial charge on any atom is -0.481 e. The van der Waals surface area contributed by atoms with E-state index in [1.165, 1.54) is 16.0 Å². The van der Waals surface area contributed by atoms with E-state index in [0.717, 1.165) is 30.3 Å². The molecule has 3 heterocycles. The third-order valence-corrected chi connectivity index (χ3v) is 6.27. The number of aryl methyl sites for hydroxylation is 1. The molecular weight excluding hydrogens is 344 g/mol. The lowest BCUT2D eigenvalue weighted by atomic mass is 9.93. The van der Waals surface area contributed by atoms with Gasteiger partial charge >= 0.3 is 5.97 Å². The van der Waals surface area contributed by atoms with Crippen LogP contribution in [0.5, 0.6) is 0 Å². The number of benzene rings is 1. The van der Waals surface area contributed by atoms with E-state index >= 15 is 0 Å². The number of carbonyl (C=O) groups is 1. The fraction of sp³-hybridized carbons (Fsp3) is 0.333. The normalized spacial score (nSPS) is 19.5. The minimum atomic E-state index is -0.685. The summed E-state index contributed by atoms with van der Waals surface area (Å²) in [7, 11) is 0. The Hall–Kier alpha value is -2.24. The third kappa shape index (κ3) is 3.24. The van der Waals surface area contributed by atoms with Gasteiger partial charge < -0.3 is 5.11 Å². The van der Waals surface area contributed by atoms with Gasteiger partial charge in [-0.2, -0.15) is 0 Å². The number of rotatable bonds is 4. The Labute approximate surface area is 157 Å². The van der Waals surface area contributed by atoms with Crippen molar-refractivity contribution in [2.75, 3.05) is 13.1 Å². The molecule has 2 atom stereocenters. The summed E-state index contributed by atoms with van der Waals surface area (Å²) in [5.74, 6) is -0.976. The molecular formula is C21H22N2O2S. The van der Waals surface area contributed by atoms with Gasteiger partial charge in [0.1, 0.15) is 0 Å². The molecule has 1 saturated heterocycles. The van der Waals surface area contributed by atoms with Gasteiger partial charge in [0.2, 0.25) is 0 Å².